The summed E-state index contributed by atoms with van der Waals surface area (Å²) in [4.78, 5) is 162. The summed E-state index contributed by atoms with van der Waals surface area (Å²) < 4.78 is 20.6. The Bertz CT molecular complexity index is 4230. The summed E-state index contributed by atoms with van der Waals surface area (Å²) in [6.07, 6.45) is -1.73. The Hall–Kier alpha value is -9.53. The predicted molar refractivity (Wildman–Crippen MR) is 513 cm³/mol. The molecule has 2 heterocycles. The third kappa shape index (κ3) is 43.8. The number of alkyl carbamates (subject to hydrolysis) is 3. The fourth-order valence-corrected chi connectivity index (χ4v) is 13.9. The Labute approximate surface area is 791 Å². The zero-order valence-corrected chi connectivity index (χ0v) is 84.6. The van der Waals surface area contributed by atoms with Gasteiger partial charge in [0.2, 0.25) is 11.8 Å². The van der Waals surface area contributed by atoms with E-state index in [0.29, 0.717) is 64.6 Å². The number of carbonyl (C=O) groups is 13. The number of Topliss-reactive ketones (excluding diaryl/α,β-unsaturated/α-hetero) is 7. The topological polar surface area (TPSA) is 475 Å². The quantitative estimate of drug-likeness (QED) is 0.0178. The number of ketones is 7. The van der Waals surface area contributed by atoms with E-state index in [2.05, 4.69) is 16.0 Å². The lowest BCUT2D eigenvalue weighted by Gasteiger charge is -2.33. The molecule has 16 unspecified atom stereocenters. The van der Waals surface area contributed by atoms with Crippen LogP contribution >= 0.6 is 0 Å². The fourth-order valence-electron chi connectivity index (χ4n) is 13.9. The first-order chi connectivity index (χ1) is 61.2. The van der Waals surface area contributed by atoms with Crippen LogP contribution in [0.5, 0.6) is 0 Å². The largest absolute Gasteiger partial charge is 0.460 e. The van der Waals surface area contributed by atoms with Gasteiger partial charge in [-0.1, -0.05) is 273 Å². The zero-order valence-electron chi connectivity index (χ0n) is 84.6. The van der Waals surface area contributed by atoms with Crippen molar-refractivity contribution in [2.24, 2.45) is 67.1 Å². The molecule has 0 aromatic heterocycles. The summed E-state index contributed by atoms with van der Waals surface area (Å²) in [5.74, 6) is -2.46. The van der Waals surface area contributed by atoms with Crippen molar-refractivity contribution >= 4 is 76.5 Å². The van der Waals surface area contributed by atoms with Crippen LogP contribution in [0.15, 0.2) is 121 Å². The van der Waals surface area contributed by atoms with Crippen molar-refractivity contribution in [1.82, 2.24) is 25.8 Å². The van der Waals surface area contributed by atoms with Gasteiger partial charge in [-0.3, -0.25) is 47.9 Å². The molecule has 4 aromatic carbocycles. The van der Waals surface area contributed by atoms with Gasteiger partial charge in [0.25, 0.3) is 0 Å². The maximum atomic E-state index is 13.3. The van der Waals surface area contributed by atoms with E-state index in [1.165, 1.54) is 37.5 Å². The number of benzene rings is 4. The normalized spacial score (nSPS) is 18.3. The van der Waals surface area contributed by atoms with Crippen LogP contribution in [0.4, 0.5) is 14.4 Å². The average Bonchev–Trinajstić information content (AvgIpc) is 1.69. The predicted octanol–water partition coefficient (Wildman–Crippen LogP) is 13.6. The van der Waals surface area contributed by atoms with E-state index in [4.69, 9.17) is 40.6 Å². The lowest BCUT2D eigenvalue weighted by atomic mass is 9.76. The molecule has 748 valence electrons. The molecule has 1 saturated carbocycles. The highest BCUT2D eigenvalue weighted by molar-refractivity contribution is 5.98. The van der Waals surface area contributed by atoms with E-state index < -0.39 is 135 Å². The number of nitrogens with one attached hydrogen (secondary N) is 3. The molecule has 0 bridgehead atoms. The summed E-state index contributed by atoms with van der Waals surface area (Å²) in [7, 11) is 0. The van der Waals surface area contributed by atoms with Gasteiger partial charge in [0.15, 0.2) is 28.9 Å². The van der Waals surface area contributed by atoms with Crippen LogP contribution in [-0.4, -0.2) is 209 Å². The smallest absolute Gasteiger partial charge is 0.408 e. The number of aliphatic hydroxyl groups excluding tert-OH is 6. The van der Waals surface area contributed by atoms with E-state index in [1.807, 2.05) is 232 Å². The van der Waals surface area contributed by atoms with Crippen LogP contribution in [0, 0.1) is 55.7 Å². The van der Waals surface area contributed by atoms with Crippen molar-refractivity contribution in [2.45, 2.75) is 357 Å². The summed E-state index contributed by atoms with van der Waals surface area (Å²) in [5.41, 5.74) is 11.2. The molecule has 4 aromatic rings. The third-order valence-corrected chi connectivity index (χ3v) is 22.2. The van der Waals surface area contributed by atoms with E-state index in [-0.39, 0.29) is 95.5 Å². The van der Waals surface area contributed by atoms with Crippen molar-refractivity contribution in [2.75, 3.05) is 13.1 Å². The molecule has 5 amide bonds. The molecule has 3 fully saturated rings. The molecule has 1 aliphatic carbocycles. The minimum atomic E-state index is -1.15. The number of ether oxygens (including phenoxy) is 4. The molecule has 2 aliphatic heterocycles. The molecule has 3 aliphatic rings. The summed E-state index contributed by atoms with van der Waals surface area (Å²) >= 11 is 0. The monoisotopic (exact) mass is 1870 g/mol. The molecule has 16 atom stereocenters. The van der Waals surface area contributed by atoms with Gasteiger partial charge < -0.3 is 86.8 Å². The van der Waals surface area contributed by atoms with Gasteiger partial charge in [0, 0.05) is 63.3 Å². The number of likely N-dealkylation sites (tertiary alicyclic amines) is 2. The number of amides is 5. The Morgan fingerprint density at radius 1 is 0.353 bits per heavy atom. The minimum Gasteiger partial charge on any atom is -0.460 e. The Morgan fingerprint density at radius 3 is 0.955 bits per heavy atom. The average molecular weight is 1870 g/mol. The van der Waals surface area contributed by atoms with Crippen LogP contribution in [0.25, 0.3) is 0 Å². The zero-order chi connectivity index (χ0) is 102. The SMILES string of the molecule is CC(C)(C)C(=O)OCc1ccccc1.CC(O)C(C)C(=O)C(C)(C)C.CC(O)C(N)C(=O)C(C)(C)C.CC(O)C(N)C(=O)N1CCCC1C(=O)C(C)(C)C.CC(O)C(NC(=O)OCc1ccccc1)C(=O)C(C)(C)C.CC(O)C(NC(=O)OCc1ccccc1)C(=O)C1CCCC1C(=O)C(C)(C)C.CCCC(O)C(NC(=O)OCc1ccccc1)C(=O)N1CCCC1C(=O)C(C)(C)C. The van der Waals surface area contributed by atoms with E-state index in [1.54, 1.807) is 55.4 Å². The molecule has 7 rings (SSSR count). The molecule has 13 N–H and O–H groups in total. The Balaban J connectivity index is 0.000000800. The number of esters is 1. The van der Waals surface area contributed by atoms with E-state index >= 15 is 0 Å². The first-order valence-corrected chi connectivity index (χ1v) is 46.3. The van der Waals surface area contributed by atoms with Gasteiger partial charge in [-0.2, -0.15) is 0 Å². The lowest BCUT2D eigenvalue weighted by Crippen LogP contribution is -2.57. The van der Waals surface area contributed by atoms with Gasteiger partial charge >= 0.3 is 24.2 Å². The summed E-state index contributed by atoms with van der Waals surface area (Å²) in [5, 5.41) is 65.3. The van der Waals surface area contributed by atoms with Gasteiger partial charge in [0.1, 0.15) is 62.2 Å². The third-order valence-electron chi connectivity index (χ3n) is 22.2. The van der Waals surface area contributed by atoms with Crippen molar-refractivity contribution < 1.29 is 112 Å². The number of nitrogens with zero attached hydrogens (tertiary/aromatic N) is 2. The second-order valence-electron chi connectivity index (χ2n) is 41.9. The second-order valence-corrected chi connectivity index (χ2v) is 41.9. The van der Waals surface area contributed by atoms with E-state index in [9.17, 15) is 82.8 Å². The molecule has 30 heteroatoms. The highest BCUT2D eigenvalue weighted by atomic mass is 16.6. The fraction of sp³-hybridized carbons (Fsp3) is 0.641. The van der Waals surface area contributed by atoms with E-state index in [0.717, 1.165) is 35.1 Å². The molecular formula is C103H163N7O23. The minimum absolute atomic E-state index is 0.0104. The lowest BCUT2D eigenvalue weighted by molar-refractivity contribution is -0.154. The molecular weight excluding hydrogens is 1700 g/mol. The number of carbonyl (C=O) groups excluding carboxylic acids is 13. The molecule has 133 heavy (non-hydrogen) atoms. The van der Waals surface area contributed by atoms with Gasteiger partial charge in [-0.15, -0.1) is 0 Å². The Morgan fingerprint density at radius 2 is 0.669 bits per heavy atom. The standard InChI is InChI=1S/C23H34N2O5.C22H31NO5.C16H23NO4.C13H24N2O3.C12H16O2.C9H18O2.C8H17NO2/c1-5-10-18(26)19(24-22(29)30-15-16-11-7-6-8-12-16)21(28)25-14-9-13-17(25)20(27)23(2,3)4;1-14(24)18(23-21(27)28-13-15-9-6-5-7-10-15)19(25)16-11-8-12-17(16)20(26)22(2,3)4;1-11(18)13(14(19)16(2,3)4)17-15(20)21-10-12-8-6-5-7-9-12;1-8(16)10(14)12(18)15-7-5-6-9(15)11(17)13(2,3)4;1-12(2,3)11(13)14-9-10-7-5-4-6-8-10;1-6(7(2)10)8(11)9(3,4)5;1-5(10)6(9)7(11)8(2,3)4/h6-8,11-12,17-19,26H,5,9-10,13-15H2,1-4H3,(H,24,29);5-7,9-10,14,16-18,24H,8,11-13H2,1-4H3,(H,23,27);5-9,11,13,18H,10H2,1-4H3,(H,17,20);8-10,16H,5-7,14H2,1-4H3;4-8H,9H2,1-3H3;6-7,10H,1-5H3;5-6,10H,9H2,1-4H3. The number of nitrogens with two attached hydrogens (primary N) is 2. The number of rotatable bonds is 29. The van der Waals surface area contributed by atoms with Crippen molar-refractivity contribution in [1.29, 1.82) is 0 Å². The van der Waals surface area contributed by atoms with Crippen molar-refractivity contribution in [3.8, 4) is 0 Å². The van der Waals surface area contributed by atoms with Crippen molar-refractivity contribution in [3.63, 3.8) is 0 Å². The van der Waals surface area contributed by atoms with Crippen LogP contribution in [0.2, 0.25) is 0 Å². The second kappa shape index (κ2) is 56.1. The molecule has 30 nitrogen and oxygen atoms in total. The molecule has 0 spiro atoms. The first-order valence-electron chi connectivity index (χ1n) is 46.3. The van der Waals surface area contributed by atoms with Gasteiger partial charge in [-0.05, 0) is 123 Å². The van der Waals surface area contributed by atoms with Crippen molar-refractivity contribution in [3.05, 3.63) is 144 Å². The maximum Gasteiger partial charge on any atom is 0.408 e. The van der Waals surface area contributed by atoms with Crippen LogP contribution in [0.3, 0.4) is 0 Å². The van der Waals surface area contributed by atoms with Crippen LogP contribution in [-0.2, 0) is 93.3 Å². The van der Waals surface area contributed by atoms with Gasteiger partial charge in [0.05, 0.1) is 60.2 Å². The number of hydrogen-bond acceptors (Lipinski definition) is 25. The molecule has 0 radical (unpaired) electrons. The summed E-state index contributed by atoms with van der Waals surface area (Å²) in [6.45, 7) is 51.1. The van der Waals surface area contributed by atoms with Crippen LogP contribution in [0.1, 0.15) is 274 Å². The first kappa shape index (κ1) is 121. The number of aliphatic hydroxyl groups is 6. The number of hydrogen-bond donors (Lipinski definition) is 11. The maximum absolute atomic E-state index is 13.3. The highest BCUT2D eigenvalue weighted by Crippen LogP contribution is 2.39. The molecule has 2 saturated heterocycles. The Kier molecular flexibility index (Phi) is 51.2. The van der Waals surface area contributed by atoms with Gasteiger partial charge in [-0.25, -0.2) is 14.4 Å². The summed E-state index contributed by atoms with van der Waals surface area (Å²) in [6, 6.07) is 31.5. The van der Waals surface area contributed by atoms with Crippen LogP contribution < -0.4 is 27.4 Å². The highest BCUT2D eigenvalue weighted by Gasteiger charge is 2.47.